The van der Waals surface area contributed by atoms with E-state index < -0.39 is 0 Å². The van der Waals surface area contributed by atoms with E-state index in [9.17, 15) is 0 Å². The van der Waals surface area contributed by atoms with Crippen molar-refractivity contribution in [2.45, 2.75) is 19.8 Å². The molecule has 0 fully saturated rings. The number of nitrogens with zero attached hydrogens (tertiary/aromatic N) is 1. The molecule has 0 spiro atoms. The summed E-state index contributed by atoms with van der Waals surface area (Å²) in [5.74, 6) is 0.950. The summed E-state index contributed by atoms with van der Waals surface area (Å²) in [4.78, 5) is 2.24. The summed E-state index contributed by atoms with van der Waals surface area (Å²) < 4.78 is 5.30. The topological polar surface area (TPSA) is 12.5 Å². The summed E-state index contributed by atoms with van der Waals surface area (Å²) >= 11 is 0. The Morgan fingerprint density at radius 3 is 2.64 bits per heavy atom. The molecule has 0 bridgehead atoms. The second-order valence-corrected chi connectivity index (χ2v) is 3.45. The van der Waals surface area contributed by atoms with Crippen molar-refractivity contribution >= 4 is 5.69 Å². The van der Waals surface area contributed by atoms with Crippen LogP contribution in [0.2, 0.25) is 0 Å². The van der Waals surface area contributed by atoms with Crippen LogP contribution < -0.4 is 9.64 Å². The third-order valence-corrected chi connectivity index (χ3v) is 2.34. The second kappa shape index (κ2) is 5.53. The van der Waals surface area contributed by atoms with Crippen LogP contribution >= 0.6 is 0 Å². The van der Waals surface area contributed by atoms with E-state index in [4.69, 9.17) is 4.74 Å². The number of methoxy groups -OCH3 is 1. The van der Waals surface area contributed by atoms with Crippen LogP contribution in [0.15, 0.2) is 24.3 Å². The van der Waals surface area contributed by atoms with Crippen LogP contribution in [0.4, 0.5) is 5.69 Å². The van der Waals surface area contributed by atoms with Gasteiger partial charge in [0.15, 0.2) is 0 Å². The Balaban J connectivity index is 2.72. The highest BCUT2D eigenvalue weighted by molar-refractivity contribution is 5.57. The van der Waals surface area contributed by atoms with E-state index in [0.717, 1.165) is 12.3 Å². The number of rotatable bonds is 5. The highest BCUT2D eigenvalue weighted by atomic mass is 16.5. The average Bonchev–Trinajstić information content (AvgIpc) is 2.25. The quantitative estimate of drug-likeness (QED) is 0.713. The van der Waals surface area contributed by atoms with E-state index in [-0.39, 0.29) is 0 Å². The molecule has 1 rings (SSSR count). The molecule has 0 unspecified atom stereocenters. The fraction of sp³-hybridized carbons (Fsp3) is 0.500. The van der Waals surface area contributed by atoms with Crippen LogP contribution in [0, 0.1) is 0 Å². The summed E-state index contributed by atoms with van der Waals surface area (Å²) in [6.07, 6.45) is 2.44. The minimum Gasteiger partial charge on any atom is -0.495 e. The standard InChI is InChI=1S/C12H19NO/c1-4-5-10-13(2)11-8-6-7-9-12(11)14-3/h6-9H,4-5,10H2,1-3H3. The Bertz CT molecular complexity index is 273. The molecular weight excluding hydrogens is 174 g/mol. The highest BCUT2D eigenvalue weighted by Gasteiger charge is 2.05. The lowest BCUT2D eigenvalue weighted by molar-refractivity contribution is 0.414. The van der Waals surface area contributed by atoms with Gasteiger partial charge in [0, 0.05) is 13.6 Å². The van der Waals surface area contributed by atoms with E-state index in [1.807, 2.05) is 18.2 Å². The normalized spacial score (nSPS) is 9.93. The number of benzene rings is 1. The molecule has 0 atom stereocenters. The molecule has 1 aromatic rings. The lowest BCUT2D eigenvalue weighted by Gasteiger charge is -2.21. The molecule has 0 N–H and O–H groups in total. The van der Waals surface area contributed by atoms with Crippen LogP contribution in [0.1, 0.15) is 19.8 Å². The van der Waals surface area contributed by atoms with Crippen LogP contribution in [0.5, 0.6) is 5.75 Å². The van der Waals surface area contributed by atoms with Crippen LogP contribution in [-0.4, -0.2) is 20.7 Å². The summed E-state index contributed by atoms with van der Waals surface area (Å²) in [7, 11) is 3.82. The maximum absolute atomic E-state index is 5.30. The van der Waals surface area contributed by atoms with Gasteiger partial charge in [0.1, 0.15) is 5.75 Å². The third-order valence-electron chi connectivity index (χ3n) is 2.34. The molecule has 78 valence electrons. The van der Waals surface area contributed by atoms with E-state index in [2.05, 4.69) is 24.9 Å². The van der Waals surface area contributed by atoms with E-state index >= 15 is 0 Å². The van der Waals surface area contributed by atoms with E-state index in [1.54, 1.807) is 7.11 Å². The van der Waals surface area contributed by atoms with E-state index in [1.165, 1.54) is 18.5 Å². The molecule has 0 amide bonds. The number of anilines is 1. The van der Waals surface area contributed by atoms with Gasteiger partial charge in [-0.2, -0.15) is 0 Å². The minimum absolute atomic E-state index is 0.950. The van der Waals surface area contributed by atoms with Gasteiger partial charge in [-0.1, -0.05) is 25.5 Å². The molecule has 0 saturated carbocycles. The largest absolute Gasteiger partial charge is 0.495 e. The molecule has 1 aromatic carbocycles. The van der Waals surface area contributed by atoms with Crippen molar-refractivity contribution < 1.29 is 4.74 Å². The molecular formula is C12H19NO. The number of hydrogen-bond donors (Lipinski definition) is 0. The zero-order valence-electron chi connectivity index (χ0n) is 9.29. The van der Waals surface area contributed by atoms with Crippen molar-refractivity contribution in [2.24, 2.45) is 0 Å². The van der Waals surface area contributed by atoms with Crippen molar-refractivity contribution in [3.8, 4) is 5.75 Å². The van der Waals surface area contributed by atoms with Gasteiger partial charge in [-0.15, -0.1) is 0 Å². The van der Waals surface area contributed by atoms with Gasteiger partial charge in [-0.25, -0.2) is 0 Å². The Morgan fingerprint density at radius 2 is 2.00 bits per heavy atom. The van der Waals surface area contributed by atoms with Crippen molar-refractivity contribution in [3.05, 3.63) is 24.3 Å². The zero-order chi connectivity index (χ0) is 10.4. The highest BCUT2D eigenvalue weighted by Crippen LogP contribution is 2.26. The number of ether oxygens (including phenoxy) is 1. The Kier molecular flexibility index (Phi) is 4.30. The molecule has 0 saturated heterocycles. The van der Waals surface area contributed by atoms with Crippen molar-refractivity contribution in [3.63, 3.8) is 0 Å². The molecule has 0 aromatic heterocycles. The molecule has 0 radical (unpaired) electrons. The van der Waals surface area contributed by atoms with Gasteiger partial charge in [0.05, 0.1) is 12.8 Å². The fourth-order valence-electron chi connectivity index (χ4n) is 1.46. The van der Waals surface area contributed by atoms with Crippen molar-refractivity contribution in [1.29, 1.82) is 0 Å². The maximum Gasteiger partial charge on any atom is 0.142 e. The average molecular weight is 193 g/mol. The molecule has 2 nitrogen and oxygen atoms in total. The minimum atomic E-state index is 0.950. The van der Waals surface area contributed by atoms with Crippen molar-refractivity contribution in [2.75, 3.05) is 25.6 Å². The van der Waals surface area contributed by atoms with Gasteiger partial charge in [-0.05, 0) is 18.6 Å². The summed E-state index contributed by atoms with van der Waals surface area (Å²) in [6.45, 7) is 3.28. The zero-order valence-corrected chi connectivity index (χ0v) is 9.29. The second-order valence-electron chi connectivity index (χ2n) is 3.45. The Hall–Kier alpha value is -1.18. The number of unbranched alkanes of at least 4 members (excludes halogenated alkanes) is 1. The SMILES string of the molecule is CCCCN(C)c1ccccc1OC. The predicted molar refractivity (Wildman–Crippen MR) is 61.2 cm³/mol. The predicted octanol–water partition coefficient (Wildman–Crippen LogP) is 2.93. The Morgan fingerprint density at radius 1 is 1.29 bits per heavy atom. The van der Waals surface area contributed by atoms with Crippen LogP contribution in [0.25, 0.3) is 0 Å². The monoisotopic (exact) mass is 193 g/mol. The van der Waals surface area contributed by atoms with Gasteiger partial charge in [0.25, 0.3) is 0 Å². The van der Waals surface area contributed by atoms with Crippen LogP contribution in [0.3, 0.4) is 0 Å². The Labute approximate surface area is 86.5 Å². The van der Waals surface area contributed by atoms with Crippen LogP contribution in [-0.2, 0) is 0 Å². The molecule has 0 aliphatic heterocycles. The smallest absolute Gasteiger partial charge is 0.142 e. The molecule has 14 heavy (non-hydrogen) atoms. The van der Waals surface area contributed by atoms with Gasteiger partial charge in [0.2, 0.25) is 0 Å². The third kappa shape index (κ3) is 2.66. The van der Waals surface area contributed by atoms with Gasteiger partial charge in [-0.3, -0.25) is 0 Å². The summed E-state index contributed by atoms with van der Waals surface area (Å²) in [5.41, 5.74) is 1.17. The summed E-state index contributed by atoms with van der Waals surface area (Å²) in [5, 5.41) is 0. The van der Waals surface area contributed by atoms with E-state index in [0.29, 0.717) is 0 Å². The first-order valence-corrected chi connectivity index (χ1v) is 5.13. The maximum atomic E-state index is 5.30. The lowest BCUT2D eigenvalue weighted by atomic mass is 10.2. The van der Waals surface area contributed by atoms with Crippen molar-refractivity contribution in [1.82, 2.24) is 0 Å². The summed E-state index contributed by atoms with van der Waals surface area (Å²) in [6, 6.07) is 8.13. The molecule has 2 heteroatoms. The first-order valence-electron chi connectivity index (χ1n) is 5.13. The lowest BCUT2D eigenvalue weighted by Crippen LogP contribution is -2.18. The molecule has 0 aliphatic carbocycles. The first kappa shape index (κ1) is 10.9. The first-order chi connectivity index (χ1) is 6.79. The molecule has 0 aliphatic rings. The number of hydrogen-bond acceptors (Lipinski definition) is 2. The van der Waals surface area contributed by atoms with Gasteiger partial charge < -0.3 is 9.64 Å². The van der Waals surface area contributed by atoms with Gasteiger partial charge >= 0.3 is 0 Å². The fourth-order valence-corrected chi connectivity index (χ4v) is 1.46. The number of para-hydroxylation sites is 2. The molecule has 0 heterocycles.